The first-order valence-corrected chi connectivity index (χ1v) is 5.79. The highest BCUT2D eigenvalue weighted by atomic mass is 16.5. The Kier molecular flexibility index (Phi) is 5.17. The molecule has 5 nitrogen and oxygen atoms in total. The fourth-order valence-electron chi connectivity index (χ4n) is 1.35. The van der Waals surface area contributed by atoms with Crippen LogP contribution in [0.5, 0.6) is 5.75 Å². The number of aliphatic carboxylic acids is 1. The molecule has 2 atom stereocenters. The second kappa shape index (κ2) is 6.64. The molecule has 5 heteroatoms. The van der Waals surface area contributed by atoms with E-state index in [2.05, 4.69) is 5.32 Å². The first kappa shape index (κ1) is 14.0. The summed E-state index contributed by atoms with van der Waals surface area (Å²) in [4.78, 5) is 22.4. The number of para-hydroxylation sites is 1. The Morgan fingerprint density at radius 3 is 2.44 bits per heavy atom. The van der Waals surface area contributed by atoms with Crippen LogP contribution in [0, 0.1) is 0 Å². The number of carboxylic acid groups (broad SMARTS) is 1. The largest absolute Gasteiger partial charge is 0.481 e. The summed E-state index contributed by atoms with van der Waals surface area (Å²) in [5.74, 6) is -0.906. The van der Waals surface area contributed by atoms with Gasteiger partial charge in [0, 0.05) is 0 Å². The van der Waals surface area contributed by atoms with Crippen LogP contribution in [-0.2, 0) is 9.59 Å². The average molecular weight is 251 g/mol. The van der Waals surface area contributed by atoms with Crippen molar-refractivity contribution in [3.05, 3.63) is 30.3 Å². The van der Waals surface area contributed by atoms with Crippen LogP contribution >= 0.6 is 0 Å². The molecular formula is C13H17NO4. The van der Waals surface area contributed by atoms with E-state index < -0.39 is 24.0 Å². The number of carboxylic acids is 1. The quantitative estimate of drug-likeness (QED) is 0.802. The van der Waals surface area contributed by atoms with Gasteiger partial charge in [-0.25, -0.2) is 0 Å². The molecule has 0 saturated heterocycles. The number of carbonyl (C=O) groups excluding carboxylic acids is 1. The van der Waals surface area contributed by atoms with Gasteiger partial charge in [0.15, 0.2) is 6.10 Å². The predicted octanol–water partition coefficient (Wildman–Crippen LogP) is 1.43. The van der Waals surface area contributed by atoms with E-state index in [1.54, 1.807) is 31.2 Å². The molecule has 0 aliphatic rings. The maximum atomic E-state index is 11.8. The summed E-state index contributed by atoms with van der Waals surface area (Å²) in [6.07, 6.45) is -0.221. The molecule has 98 valence electrons. The topological polar surface area (TPSA) is 75.6 Å². The SMILES string of the molecule is CCC(Oc1ccccc1)C(=O)NC(C)C(=O)O. The monoisotopic (exact) mass is 251 g/mol. The lowest BCUT2D eigenvalue weighted by atomic mass is 10.2. The second-order valence-electron chi connectivity index (χ2n) is 3.90. The smallest absolute Gasteiger partial charge is 0.325 e. The molecule has 0 radical (unpaired) electrons. The van der Waals surface area contributed by atoms with E-state index in [4.69, 9.17) is 9.84 Å². The van der Waals surface area contributed by atoms with Crippen LogP contribution in [-0.4, -0.2) is 29.1 Å². The average Bonchev–Trinajstić information content (AvgIpc) is 2.36. The Morgan fingerprint density at radius 2 is 1.94 bits per heavy atom. The van der Waals surface area contributed by atoms with Crippen molar-refractivity contribution < 1.29 is 19.4 Å². The van der Waals surface area contributed by atoms with Gasteiger partial charge < -0.3 is 15.2 Å². The molecule has 1 amide bonds. The zero-order valence-corrected chi connectivity index (χ0v) is 10.4. The van der Waals surface area contributed by atoms with Crippen LogP contribution < -0.4 is 10.1 Å². The molecule has 0 saturated carbocycles. The van der Waals surface area contributed by atoms with Crippen LogP contribution in [0.3, 0.4) is 0 Å². The van der Waals surface area contributed by atoms with E-state index >= 15 is 0 Å². The molecule has 1 aromatic carbocycles. The van der Waals surface area contributed by atoms with Crippen LogP contribution in [0.2, 0.25) is 0 Å². The van der Waals surface area contributed by atoms with Gasteiger partial charge in [-0.1, -0.05) is 25.1 Å². The Morgan fingerprint density at radius 1 is 1.33 bits per heavy atom. The summed E-state index contributed by atoms with van der Waals surface area (Å²) in [6, 6.07) is 8.03. The van der Waals surface area contributed by atoms with Crippen LogP contribution in [0.15, 0.2) is 30.3 Å². The van der Waals surface area contributed by atoms with Crippen molar-refractivity contribution in [1.29, 1.82) is 0 Å². The van der Waals surface area contributed by atoms with Crippen molar-refractivity contribution in [2.75, 3.05) is 0 Å². The van der Waals surface area contributed by atoms with E-state index in [0.29, 0.717) is 12.2 Å². The fraction of sp³-hybridized carbons (Fsp3) is 0.385. The molecule has 0 aromatic heterocycles. The summed E-state index contributed by atoms with van der Waals surface area (Å²) in [6.45, 7) is 3.22. The molecule has 1 aromatic rings. The minimum atomic E-state index is -1.07. The molecule has 18 heavy (non-hydrogen) atoms. The summed E-state index contributed by atoms with van der Waals surface area (Å²) in [5, 5.41) is 11.1. The van der Waals surface area contributed by atoms with Gasteiger partial charge in [0.25, 0.3) is 5.91 Å². The van der Waals surface area contributed by atoms with Crippen molar-refractivity contribution in [3.63, 3.8) is 0 Å². The zero-order chi connectivity index (χ0) is 13.5. The van der Waals surface area contributed by atoms with Crippen molar-refractivity contribution in [2.45, 2.75) is 32.4 Å². The van der Waals surface area contributed by atoms with Gasteiger partial charge >= 0.3 is 5.97 Å². The van der Waals surface area contributed by atoms with Crippen molar-refractivity contribution >= 4 is 11.9 Å². The Bertz CT molecular complexity index is 405. The van der Waals surface area contributed by atoms with E-state index in [1.165, 1.54) is 6.92 Å². The number of rotatable bonds is 6. The molecule has 0 aliphatic heterocycles. The number of carbonyl (C=O) groups is 2. The third-order valence-electron chi connectivity index (χ3n) is 2.41. The number of hydrogen-bond acceptors (Lipinski definition) is 3. The summed E-state index contributed by atoms with van der Waals surface area (Å²) < 4.78 is 5.50. The van der Waals surface area contributed by atoms with Crippen molar-refractivity contribution in [3.8, 4) is 5.75 Å². The lowest BCUT2D eigenvalue weighted by Gasteiger charge is -2.18. The van der Waals surface area contributed by atoms with E-state index in [0.717, 1.165) is 0 Å². The van der Waals surface area contributed by atoms with Gasteiger partial charge in [-0.05, 0) is 25.5 Å². The van der Waals surface area contributed by atoms with Gasteiger partial charge in [0.05, 0.1) is 0 Å². The van der Waals surface area contributed by atoms with Crippen molar-refractivity contribution in [1.82, 2.24) is 5.32 Å². The minimum Gasteiger partial charge on any atom is -0.481 e. The number of ether oxygens (including phenoxy) is 1. The maximum Gasteiger partial charge on any atom is 0.325 e. The summed E-state index contributed by atoms with van der Waals surface area (Å²) >= 11 is 0. The van der Waals surface area contributed by atoms with Gasteiger partial charge in [0.2, 0.25) is 0 Å². The summed E-state index contributed by atoms with van der Waals surface area (Å²) in [5.41, 5.74) is 0. The standard InChI is InChI=1S/C13H17NO4/c1-3-11(12(15)14-9(2)13(16)17)18-10-7-5-4-6-8-10/h4-9,11H,3H2,1-2H3,(H,14,15)(H,16,17). The Labute approximate surface area is 106 Å². The Hall–Kier alpha value is -2.04. The first-order valence-electron chi connectivity index (χ1n) is 5.79. The number of amides is 1. The lowest BCUT2D eigenvalue weighted by Crippen LogP contribution is -2.45. The van der Waals surface area contributed by atoms with Crippen molar-refractivity contribution in [2.24, 2.45) is 0 Å². The lowest BCUT2D eigenvalue weighted by molar-refractivity contribution is -0.142. The molecule has 0 fully saturated rings. The highest BCUT2D eigenvalue weighted by Crippen LogP contribution is 2.12. The first-order chi connectivity index (χ1) is 8.54. The highest BCUT2D eigenvalue weighted by Gasteiger charge is 2.22. The maximum absolute atomic E-state index is 11.8. The molecule has 0 bridgehead atoms. The number of hydrogen-bond donors (Lipinski definition) is 2. The molecule has 0 aliphatic carbocycles. The molecule has 0 spiro atoms. The van der Waals surface area contributed by atoms with E-state index in [-0.39, 0.29) is 0 Å². The molecular weight excluding hydrogens is 234 g/mol. The third-order valence-corrected chi connectivity index (χ3v) is 2.41. The van der Waals surface area contributed by atoms with Gasteiger partial charge in [-0.2, -0.15) is 0 Å². The van der Waals surface area contributed by atoms with Gasteiger partial charge in [0.1, 0.15) is 11.8 Å². The highest BCUT2D eigenvalue weighted by molar-refractivity contribution is 5.86. The van der Waals surface area contributed by atoms with Gasteiger partial charge in [-0.3, -0.25) is 9.59 Å². The van der Waals surface area contributed by atoms with Crippen LogP contribution in [0.1, 0.15) is 20.3 Å². The summed E-state index contributed by atoms with van der Waals surface area (Å²) in [7, 11) is 0. The van der Waals surface area contributed by atoms with Crippen LogP contribution in [0.4, 0.5) is 0 Å². The number of nitrogens with one attached hydrogen (secondary N) is 1. The predicted molar refractivity (Wildman–Crippen MR) is 66.4 cm³/mol. The molecule has 2 unspecified atom stereocenters. The van der Waals surface area contributed by atoms with Crippen LogP contribution in [0.25, 0.3) is 0 Å². The molecule has 1 rings (SSSR count). The molecule has 0 heterocycles. The van der Waals surface area contributed by atoms with Gasteiger partial charge in [-0.15, -0.1) is 0 Å². The fourth-order valence-corrected chi connectivity index (χ4v) is 1.35. The zero-order valence-electron chi connectivity index (χ0n) is 10.4. The molecule has 2 N–H and O–H groups in total. The number of benzene rings is 1. The van der Waals surface area contributed by atoms with E-state index in [1.807, 2.05) is 6.07 Å². The minimum absolute atomic E-state index is 0.420. The third kappa shape index (κ3) is 4.08. The Balaban J connectivity index is 2.61. The second-order valence-corrected chi connectivity index (χ2v) is 3.90. The normalized spacial score (nSPS) is 13.4. The van der Waals surface area contributed by atoms with E-state index in [9.17, 15) is 9.59 Å².